The number of hydrogen-bond acceptors (Lipinski definition) is 3. The SMILES string of the molecule is CCC(C)c1ccnc2c1CCN2C(=O)Nc1cc(F)c2nc(C)cn2c1. The van der Waals surface area contributed by atoms with Crippen molar-refractivity contribution >= 4 is 23.2 Å². The van der Waals surface area contributed by atoms with Crippen LogP contribution in [0.25, 0.3) is 5.65 Å². The Bertz CT molecular complexity index is 1030. The maximum atomic E-state index is 14.2. The molecule has 0 aromatic carbocycles. The highest BCUT2D eigenvalue weighted by Gasteiger charge is 2.29. The summed E-state index contributed by atoms with van der Waals surface area (Å²) in [6.07, 6.45) is 6.96. The minimum Gasteiger partial charge on any atom is -0.306 e. The van der Waals surface area contributed by atoms with Gasteiger partial charge in [0.1, 0.15) is 5.82 Å². The molecule has 3 aromatic rings. The van der Waals surface area contributed by atoms with Crippen molar-refractivity contribution in [2.45, 2.75) is 39.5 Å². The van der Waals surface area contributed by atoms with Crippen molar-refractivity contribution in [1.29, 1.82) is 0 Å². The number of carbonyl (C=O) groups is 1. The molecule has 0 aliphatic carbocycles. The quantitative estimate of drug-likeness (QED) is 0.751. The molecule has 1 N–H and O–H groups in total. The van der Waals surface area contributed by atoms with E-state index < -0.39 is 5.82 Å². The molecule has 4 rings (SSSR count). The van der Waals surface area contributed by atoms with E-state index in [0.717, 1.165) is 18.4 Å². The molecule has 1 unspecified atom stereocenters. The van der Waals surface area contributed by atoms with Crippen LogP contribution in [0, 0.1) is 12.7 Å². The molecule has 1 atom stereocenters. The largest absolute Gasteiger partial charge is 0.327 e. The Labute approximate surface area is 157 Å². The molecule has 140 valence electrons. The number of carbonyl (C=O) groups excluding carboxylic acids is 1. The van der Waals surface area contributed by atoms with Gasteiger partial charge in [0.25, 0.3) is 0 Å². The summed E-state index contributed by atoms with van der Waals surface area (Å²) in [6, 6.07) is 3.02. The fraction of sp³-hybridized carbons (Fsp3) is 0.350. The molecule has 1 aliphatic heterocycles. The number of pyridine rings is 2. The number of nitrogens with one attached hydrogen (secondary N) is 1. The third-order valence-electron chi connectivity index (χ3n) is 5.18. The monoisotopic (exact) mass is 367 g/mol. The normalized spacial score (nSPS) is 14.4. The second-order valence-electron chi connectivity index (χ2n) is 7.03. The van der Waals surface area contributed by atoms with Crippen LogP contribution in [0.15, 0.2) is 30.7 Å². The summed E-state index contributed by atoms with van der Waals surface area (Å²) in [5, 5.41) is 2.79. The average molecular weight is 367 g/mol. The third-order valence-corrected chi connectivity index (χ3v) is 5.18. The van der Waals surface area contributed by atoms with Gasteiger partial charge in [0.2, 0.25) is 0 Å². The number of amides is 2. The highest BCUT2D eigenvalue weighted by atomic mass is 19.1. The van der Waals surface area contributed by atoms with Crippen LogP contribution in [-0.4, -0.2) is 26.9 Å². The summed E-state index contributed by atoms with van der Waals surface area (Å²) in [5.74, 6) is 0.649. The van der Waals surface area contributed by atoms with Crippen LogP contribution in [0.1, 0.15) is 43.0 Å². The minimum atomic E-state index is -0.472. The van der Waals surface area contributed by atoms with E-state index in [0.29, 0.717) is 29.7 Å². The Morgan fingerprint density at radius 3 is 3.00 bits per heavy atom. The molecule has 0 fully saturated rings. The van der Waals surface area contributed by atoms with Gasteiger partial charge in [-0.2, -0.15) is 0 Å². The number of anilines is 2. The summed E-state index contributed by atoms with van der Waals surface area (Å²) in [5.41, 5.74) is 3.73. The smallest absolute Gasteiger partial charge is 0.306 e. The van der Waals surface area contributed by atoms with E-state index in [1.54, 1.807) is 34.8 Å². The number of imidazole rings is 1. The Morgan fingerprint density at radius 2 is 2.22 bits per heavy atom. The lowest BCUT2D eigenvalue weighted by atomic mass is 9.94. The van der Waals surface area contributed by atoms with E-state index in [1.165, 1.54) is 11.6 Å². The number of aromatic nitrogens is 3. The van der Waals surface area contributed by atoms with Crippen LogP contribution in [-0.2, 0) is 6.42 Å². The third kappa shape index (κ3) is 3.03. The number of aryl methyl sites for hydroxylation is 1. The molecule has 0 spiro atoms. The summed E-state index contributed by atoms with van der Waals surface area (Å²) >= 11 is 0. The van der Waals surface area contributed by atoms with Crippen LogP contribution >= 0.6 is 0 Å². The first kappa shape index (κ1) is 17.5. The van der Waals surface area contributed by atoms with Crippen molar-refractivity contribution in [2.75, 3.05) is 16.8 Å². The number of halogens is 1. The van der Waals surface area contributed by atoms with E-state index in [1.807, 2.05) is 6.07 Å². The summed E-state index contributed by atoms with van der Waals surface area (Å²) in [6.45, 7) is 6.70. The van der Waals surface area contributed by atoms with E-state index in [2.05, 4.69) is 29.1 Å². The molecule has 0 radical (unpaired) electrons. The van der Waals surface area contributed by atoms with Crippen LogP contribution in [0.5, 0.6) is 0 Å². The van der Waals surface area contributed by atoms with Gasteiger partial charge >= 0.3 is 6.03 Å². The highest BCUT2D eigenvalue weighted by molar-refractivity contribution is 6.02. The van der Waals surface area contributed by atoms with Gasteiger partial charge in [-0.05, 0) is 37.3 Å². The Kier molecular flexibility index (Phi) is 4.30. The van der Waals surface area contributed by atoms with Gasteiger partial charge in [-0.3, -0.25) is 4.90 Å². The lowest BCUT2D eigenvalue weighted by Gasteiger charge is -2.18. The molecular weight excluding hydrogens is 345 g/mol. The van der Waals surface area contributed by atoms with Gasteiger partial charge in [-0.25, -0.2) is 19.2 Å². The molecule has 2 amide bonds. The maximum Gasteiger partial charge on any atom is 0.327 e. The zero-order valence-electron chi connectivity index (χ0n) is 15.7. The predicted molar refractivity (Wildman–Crippen MR) is 103 cm³/mol. The van der Waals surface area contributed by atoms with Gasteiger partial charge in [0.15, 0.2) is 11.5 Å². The molecule has 27 heavy (non-hydrogen) atoms. The zero-order chi connectivity index (χ0) is 19.1. The van der Waals surface area contributed by atoms with Gasteiger partial charge in [-0.15, -0.1) is 0 Å². The number of nitrogens with zero attached hydrogens (tertiary/aromatic N) is 4. The molecule has 0 saturated heterocycles. The topological polar surface area (TPSA) is 62.5 Å². The number of urea groups is 1. The van der Waals surface area contributed by atoms with Crippen LogP contribution in [0.2, 0.25) is 0 Å². The summed E-state index contributed by atoms with van der Waals surface area (Å²) in [7, 11) is 0. The highest BCUT2D eigenvalue weighted by Crippen LogP contribution is 2.33. The Balaban J connectivity index is 1.61. The Morgan fingerprint density at radius 1 is 1.41 bits per heavy atom. The van der Waals surface area contributed by atoms with Crippen molar-refractivity contribution < 1.29 is 9.18 Å². The van der Waals surface area contributed by atoms with Gasteiger partial charge < -0.3 is 9.72 Å². The van der Waals surface area contributed by atoms with Gasteiger partial charge in [0, 0.05) is 36.8 Å². The second-order valence-corrected chi connectivity index (χ2v) is 7.03. The number of hydrogen-bond donors (Lipinski definition) is 1. The molecule has 1 aliphatic rings. The summed E-state index contributed by atoms with van der Waals surface area (Å²) in [4.78, 5) is 23.0. The summed E-state index contributed by atoms with van der Waals surface area (Å²) < 4.78 is 15.8. The first-order valence-corrected chi connectivity index (χ1v) is 9.19. The van der Waals surface area contributed by atoms with Gasteiger partial charge in [0.05, 0.1) is 11.4 Å². The first-order valence-electron chi connectivity index (χ1n) is 9.19. The van der Waals surface area contributed by atoms with E-state index in [-0.39, 0.29) is 11.7 Å². The van der Waals surface area contributed by atoms with E-state index in [4.69, 9.17) is 0 Å². The van der Waals surface area contributed by atoms with Crippen molar-refractivity contribution in [3.63, 3.8) is 0 Å². The molecule has 0 bridgehead atoms. The van der Waals surface area contributed by atoms with Crippen LogP contribution < -0.4 is 10.2 Å². The minimum absolute atomic E-state index is 0.247. The lowest BCUT2D eigenvalue weighted by Crippen LogP contribution is -2.34. The van der Waals surface area contributed by atoms with Crippen molar-refractivity contribution in [2.24, 2.45) is 0 Å². The fourth-order valence-corrected chi connectivity index (χ4v) is 3.63. The standard InChI is InChI=1S/C20H22FN5O/c1-4-12(2)15-5-7-22-18-16(15)6-8-26(18)20(27)24-14-9-17(21)19-23-13(3)10-25(19)11-14/h5,7,9-12H,4,6,8H2,1-3H3,(H,24,27). The molecule has 0 saturated carbocycles. The molecular formula is C20H22FN5O. The predicted octanol–water partition coefficient (Wildman–Crippen LogP) is 4.28. The number of rotatable bonds is 3. The second kappa shape index (κ2) is 6.64. The number of fused-ring (bicyclic) bond motifs is 2. The average Bonchev–Trinajstić information content (AvgIpc) is 3.24. The lowest BCUT2D eigenvalue weighted by molar-refractivity contribution is 0.257. The maximum absolute atomic E-state index is 14.2. The van der Waals surface area contributed by atoms with Crippen molar-refractivity contribution in [3.8, 4) is 0 Å². The van der Waals surface area contributed by atoms with Crippen molar-refractivity contribution in [3.05, 3.63) is 53.4 Å². The van der Waals surface area contributed by atoms with E-state index >= 15 is 0 Å². The fourth-order valence-electron chi connectivity index (χ4n) is 3.63. The Hall–Kier alpha value is -2.96. The van der Waals surface area contributed by atoms with Crippen LogP contribution in [0.4, 0.5) is 20.7 Å². The molecule has 3 aromatic heterocycles. The van der Waals surface area contributed by atoms with Crippen LogP contribution in [0.3, 0.4) is 0 Å². The molecule has 4 heterocycles. The van der Waals surface area contributed by atoms with E-state index in [9.17, 15) is 9.18 Å². The van der Waals surface area contributed by atoms with Crippen molar-refractivity contribution in [1.82, 2.24) is 14.4 Å². The zero-order valence-corrected chi connectivity index (χ0v) is 15.7. The first-order chi connectivity index (χ1) is 13.0. The molecule has 7 heteroatoms. The van der Waals surface area contributed by atoms with Gasteiger partial charge in [-0.1, -0.05) is 13.8 Å². The molecule has 6 nitrogen and oxygen atoms in total.